The number of hydrogen-bond donors (Lipinski definition) is 0. The van der Waals surface area contributed by atoms with Crippen LogP contribution in [0.4, 0.5) is 0 Å². The predicted octanol–water partition coefficient (Wildman–Crippen LogP) is 4.05. The summed E-state index contributed by atoms with van der Waals surface area (Å²) in [6.45, 7) is 8.18. The minimum atomic E-state index is -0.158. The van der Waals surface area contributed by atoms with Crippen LogP contribution in [0.3, 0.4) is 0 Å². The number of imidazole rings is 1. The summed E-state index contributed by atoms with van der Waals surface area (Å²) in [5, 5.41) is 0.502. The fourth-order valence-electron chi connectivity index (χ4n) is 2.21. The minimum Gasteiger partial charge on any atom is -0.298 e. The highest BCUT2D eigenvalue weighted by atomic mass is 35.5. The van der Waals surface area contributed by atoms with Gasteiger partial charge in [-0.25, -0.2) is 15.0 Å². The van der Waals surface area contributed by atoms with Gasteiger partial charge in [-0.1, -0.05) is 38.4 Å². The van der Waals surface area contributed by atoms with Gasteiger partial charge in [0, 0.05) is 23.4 Å². The number of fused-ring (bicyclic) bond motifs is 1. The fourth-order valence-corrected chi connectivity index (χ4v) is 2.38. The Morgan fingerprint density at radius 2 is 1.90 bits per heavy atom. The van der Waals surface area contributed by atoms with E-state index in [4.69, 9.17) is 16.6 Å². The second-order valence-electron chi connectivity index (χ2n) is 6.13. The number of hydrogen-bond acceptors (Lipinski definition) is 3. The first-order valence-electron chi connectivity index (χ1n) is 6.85. The zero-order valence-electron chi connectivity index (χ0n) is 12.6. The van der Waals surface area contributed by atoms with Crippen LogP contribution in [0, 0.1) is 6.92 Å². The van der Waals surface area contributed by atoms with Crippen molar-refractivity contribution in [3.8, 4) is 11.4 Å². The minimum absolute atomic E-state index is 0.158. The Labute approximate surface area is 128 Å². The third-order valence-corrected chi connectivity index (χ3v) is 3.80. The van der Waals surface area contributed by atoms with E-state index in [-0.39, 0.29) is 5.41 Å². The molecular weight excluding hydrogens is 284 g/mol. The largest absolute Gasteiger partial charge is 0.298 e. The Balaban J connectivity index is 2.32. The standard InChI is InChI=1S/C16H17ClN4/c1-10-13(19-15(16(2,3)4)20-14(10)17)11-6-5-7-12-18-8-9-21(11)12/h5-9H,1-4H3. The molecule has 0 fully saturated rings. The number of nitrogens with zero attached hydrogens (tertiary/aromatic N) is 4. The second kappa shape index (κ2) is 4.81. The van der Waals surface area contributed by atoms with Crippen LogP contribution in [0.5, 0.6) is 0 Å². The smallest absolute Gasteiger partial charge is 0.137 e. The normalized spacial score (nSPS) is 12.0. The molecular formula is C16H17ClN4. The lowest BCUT2D eigenvalue weighted by Gasteiger charge is -2.19. The average molecular weight is 301 g/mol. The molecule has 3 aromatic heterocycles. The van der Waals surface area contributed by atoms with Crippen LogP contribution in [0.1, 0.15) is 32.2 Å². The molecule has 0 bridgehead atoms. The monoisotopic (exact) mass is 300 g/mol. The van der Waals surface area contributed by atoms with E-state index in [0.717, 1.165) is 28.4 Å². The van der Waals surface area contributed by atoms with Crippen molar-refractivity contribution >= 4 is 17.2 Å². The van der Waals surface area contributed by atoms with E-state index in [9.17, 15) is 0 Å². The molecule has 3 rings (SSSR count). The molecule has 3 heterocycles. The first kappa shape index (κ1) is 14.0. The Hall–Kier alpha value is -1.94. The molecule has 0 N–H and O–H groups in total. The predicted molar refractivity (Wildman–Crippen MR) is 84.7 cm³/mol. The summed E-state index contributed by atoms with van der Waals surface area (Å²) in [6.07, 6.45) is 3.71. The van der Waals surface area contributed by atoms with Crippen molar-refractivity contribution in [2.45, 2.75) is 33.1 Å². The van der Waals surface area contributed by atoms with Gasteiger partial charge in [0.25, 0.3) is 0 Å². The maximum Gasteiger partial charge on any atom is 0.137 e. The SMILES string of the molecule is Cc1c(Cl)nc(C(C)(C)C)nc1-c1cccc2nccn12. The third-order valence-electron chi connectivity index (χ3n) is 3.43. The zero-order valence-corrected chi connectivity index (χ0v) is 13.3. The van der Waals surface area contributed by atoms with E-state index in [2.05, 4.69) is 30.7 Å². The number of rotatable bonds is 1. The van der Waals surface area contributed by atoms with Crippen LogP contribution < -0.4 is 0 Å². The number of aromatic nitrogens is 4. The Kier molecular flexibility index (Phi) is 3.21. The average Bonchev–Trinajstić information content (AvgIpc) is 2.88. The van der Waals surface area contributed by atoms with Gasteiger partial charge in [0.1, 0.15) is 16.6 Å². The summed E-state index contributed by atoms with van der Waals surface area (Å²) in [4.78, 5) is 13.5. The van der Waals surface area contributed by atoms with Gasteiger partial charge in [-0.2, -0.15) is 0 Å². The van der Waals surface area contributed by atoms with E-state index < -0.39 is 0 Å². The van der Waals surface area contributed by atoms with Gasteiger partial charge < -0.3 is 0 Å². The van der Waals surface area contributed by atoms with Gasteiger partial charge >= 0.3 is 0 Å². The molecule has 0 aliphatic carbocycles. The summed E-state index contributed by atoms with van der Waals surface area (Å²) in [5.41, 5.74) is 3.43. The third kappa shape index (κ3) is 2.40. The molecule has 0 amide bonds. The van der Waals surface area contributed by atoms with Crippen LogP contribution in [-0.4, -0.2) is 19.4 Å². The molecule has 3 aromatic rings. The molecule has 0 aliphatic rings. The molecule has 108 valence electrons. The maximum absolute atomic E-state index is 6.32. The van der Waals surface area contributed by atoms with E-state index >= 15 is 0 Å². The van der Waals surface area contributed by atoms with Crippen molar-refractivity contribution in [2.24, 2.45) is 0 Å². The Morgan fingerprint density at radius 1 is 1.14 bits per heavy atom. The highest BCUT2D eigenvalue weighted by Crippen LogP contribution is 2.29. The van der Waals surface area contributed by atoms with Crippen molar-refractivity contribution in [1.82, 2.24) is 19.4 Å². The molecule has 0 radical (unpaired) electrons. The van der Waals surface area contributed by atoms with E-state index in [1.165, 1.54) is 0 Å². The maximum atomic E-state index is 6.32. The highest BCUT2D eigenvalue weighted by Gasteiger charge is 2.22. The van der Waals surface area contributed by atoms with Crippen molar-refractivity contribution in [2.75, 3.05) is 0 Å². The van der Waals surface area contributed by atoms with E-state index in [0.29, 0.717) is 5.15 Å². The van der Waals surface area contributed by atoms with Crippen LogP contribution in [0.25, 0.3) is 17.0 Å². The number of pyridine rings is 1. The Bertz CT molecular complexity index is 815. The summed E-state index contributed by atoms with van der Waals surface area (Å²) in [6, 6.07) is 5.96. The van der Waals surface area contributed by atoms with Crippen LogP contribution in [0.15, 0.2) is 30.6 Å². The summed E-state index contributed by atoms with van der Waals surface area (Å²) in [5.74, 6) is 0.741. The van der Waals surface area contributed by atoms with Crippen molar-refractivity contribution in [3.05, 3.63) is 47.1 Å². The first-order valence-corrected chi connectivity index (χ1v) is 7.23. The van der Waals surface area contributed by atoms with E-state index in [1.54, 1.807) is 6.20 Å². The van der Waals surface area contributed by atoms with Crippen LogP contribution in [0.2, 0.25) is 5.15 Å². The molecule has 0 spiro atoms. The molecule has 4 nitrogen and oxygen atoms in total. The lowest BCUT2D eigenvalue weighted by Crippen LogP contribution is -2.17. The molecule has 21 heavy (non-hydrogen) atoms. The fraction of sp³-hybridized carbons (Fsp3) is 0.312. The summed E-state index contributed by atoms with van der Waals surface area (Å²) in [7, 11) is 0. The molecule has 0 saturated heterocycles. The second-order valence-corrected chi connectivity index (χ2v) is 6.49. The quantitative estimate of drug-likeness (QED) is 0.637. The molecule has 0 aromatic carbocycles. The van der Waals surface area contributed by atoms with Gasteiger partial charge in [0.05, 0.1) is 11.4 Å². The molecule has 0 aliphatic heterocycles. The van der Waals surface area contributed by atoms with Gasteiger partial charge in [0.15, 0.2) is 0 Å². The van der Waals surface area contributed by atoms with Crippen molar-refractivity contribution in [1.29, 1.82) is 0 Å². The summed E-state index contributed by atoms with van der Waals surface area (Å²) >= 11 is 6.32. The highest BCUT2D eigenvalue weighted by molar-refractivity contribution is 6.30. The van der Waals surface area contributed by atoms with Crippen LogP contribution >= 0.6 is 11.6 Å². The van der Waals surface area contributed by atoms with Crippen molar-refractivity contribution < 1.29 is 0 Å². The van der Waals surface area contributed by atoms with E-state index in [1.807, 2.05) is 35.7 Å². The molecule has 0 unspecified atom stereocenters. The summed E-state index contributed by atoms with van der Waals surface area (Å²) < 4.78 is 2.01. The lowest BCUT2D eigenvalue weighted by molar-refractivity contribution is 0.545. The topological polar surface area (TPSA) is 43.1 Å². The van der Waals surface area contributed by atoms with Gasteiger partial charge in [-0.05, 0) is 19.1 Å². The molecule has 0 saturated carbocycles. The van der Waals surface area contributed by atoms with Gasteiger partial charge in [-0.3, -0.25) is 4.40 Å². The van der Waals surface area contributed by atoms with Gasteiger partial charge in [0.2, 0.25) is 0 Å². The number of halogens is 1. The lowest BCUT2D eigenvalue weighted by atomic mass is 9.95. The van der Waals surface area contributed by atoms with Crippen LogP contribution in [-0.2, 0) is 5.41 Å². The molecule has 0 atom stereocenters. The Morgan fingerprint density at radius 3 is 2.62 bits per heavy atom. The first-order chi connectivity index (χ1) is 9.88. The van der Waals surface area contributed by atoms with Crippen molar-refractivity contribution in [3.63, 3.8) is 0 Å². The van der Waals surface area contributed by atoms with Gasteiger partial charge in [-0.15, -0.1) is 0 Å². The zero-order chi connectivity index (χ0) is 15.2. The molecule has 5 heteroatoms.